The highest BCUT2D eigenvalue weighted by Gasteiger charge is 2.18. The fourth-order valence-electron chi connectivity index (χ4n) is 2.06. The number of thioether (sulfide) groups is 1. The molecule has 1 atom stereocenters. The Bertz CT molecular complexity index is 997. The topological polar surface area (TPSA) is 145 Å². The average Bonchev–Trinajstić information content (AvgIpc) is 3.07. The monoisotopic (exact) mass is 450 g/mol. The lowest BCUT2D eigenvalue weighted by atomic mass is 10.2. The maximum Gasteiger partial charge on any atom is 0.266 e. The van der Waals surface area contributed by atoms with Gasteiger partial charge in [-0.3, -0.25) is 15.0 Å². The molecule has 0 bridgehead atoms. The highest BCUT2D eigenvalue weighted by molar-refractivity contribution is 7.99. The normalized spacial score (nSPS) is 13.1. The van der Waals surface area contributed by atoms with Crippen LogP contribution in [0.4, 0.5) is 18.9 Å². The van der Waals surface area contributed by atoms with E-state index in [1.165, 1.54) is 12.3 Å². The molecule has 1 aromatic carbocycles. The van der Waals surface area contributed by atoms with E-state index in [2.05, 4.69) is 25.6 Å². The van der Waals surface area contributed by atoms with Crippen LogP contribution in [0.2, 0.25) is 0 Å². The fourth-order valence-corrected chi connectivity index (χ4v) is 3.42. The summed E-state index contributed by atoms with van der Waals surface area (Å²) in [7, 11) is -2.93. The molecule has 1 aromatic heterocycles. The molecule has 1 heterocycles. The molecule has 0 aliphatic carbocycles. The van der Waals surface area contributed by atoms with E-state index in [-0.39, 0.29) is 28.8 Å². The van der Waals surface area contributed by atoms with E-state index in [9.17, 15) is 22.2 Å². The molecule has 0 saturated carbocycles. The van der Waals surface area contributed by atoms with Crippen LogP contribution < -0.4 is 10.6 Å². The minimum absolute atomic E-state index is 0.00647. The molecular weight excluding hydrogens is 433 g/mol. The van der Waals surface area contributed by atoms with Crippen LogP contribution in [0.1, 0.15) is 17.7 Å². The fraction of sp³-hybridized carbons (Fsp3) is 0.333. The molecule has 4 N–H and O–H groups in total. The Morgan fingerprint density at radius 3 is 2.76 bits per heavy atom. The van der Waals surface area contributed by atoms with Crippen LogP contribution in [0.3, 0.4) is 0 Å². The zero-order chi connectivity index (χ0) is 21.6. The number of hydrogen-bond acceptors (Lipinski definition) is 8. The highest BCUT2D eigenvalue weighted by Crippen LogP contribution is 2.26. The molecule has 1 amide bonds. The van der Waals surface area contributed by atoms with Crippen LogP contribution in [0.25, 0.3) is 0 Å². The Morgan fingerprint density at radius 1 is 1.38 bits per heavy atom. The van der Waals surface area contributed by atoms with Crippen LogP contribution in [0, 0.1) is 16.0 Å². The molecule has 158 valence electrons. The number of halogens is 3. The van der Waals surface area contributed by atoms with Gasteiger partial charge in [0.05, 0.1) is 15.3 Å². The second-order valence-corrected chi connectivity index (χ2v) is 9.18. The first-order valence-electron chi connectivity index (χ1n) is 7.94. The van der Waals surface area contributed by atoms with E-state index in [0.29, 0.717) is 5.75 Å². The van der Waals surface area contributed by atoms with Crippen LogP contribution in [-0.4, -0.2) is 50.6 Å². The summed E-state index contributed by atoms with van der Waals surface area (Å²) >= 11 is 1.10. The van der Waals surface area contributed by atoms with Crippen molar-refractivity contribution in [2.45, 2.75) is 11.5 Å². The number of anilines is 1. The van der Waals surface area contributed by atoms with Crippen molar-refractivity contribution in [2.75, 3.05) is 29.6 Å². The third kappa shape index (κ3) is 7.05. The van der Waals surface area contributed by atoms with Gasteiger partial charge in [-0.15, -0.1) is 0 Å². The third-order valence-corrected chi connectivity index (χ3v) is 5.03. The molecule has 29 heavy (non-hydrogen) atoms. The first-order valence-corrected chi connectivity index (χ1v) is 11.1. The van der Waals surface area contributed by atoms with Crippen molar-refractivity contribution < 1.29 is 26.8 Å². The second-order valence-electron chi connectivity index (χ2n) is 5.80. The summed E-state index contributed by atoms with van der Waals surface area (Å²) in [4.78, 5) is 11.5. The summed E-state index contributed by atoms with van der Waals surface area (Å²) in [6.45, 7) is 0.182. The van der Waals surface area contributed by atoms with Crippen molar-refractivity contribution in [1.29, 1.82) is 10.2 Å². The standard InChI is InChI=1S/C15H17F3N6O3S2/c1-29(20,26)7-11(25)21-4-5-28-15-12(23-27-24-15)14(19)22-8-2-3-10(16)9(6-8)13(17)18/h2-3,6,13,20H,4-5,7H2,1H3,(H2,19,22)(H,21,25). The summed E-state index contributed by atoms with van der Waals surface area (Å²) < 4.78 is 62.0. The maximum absolute atomic E-state index is 13.4. The lowest BCUT2D eigenvalue weighted by molar-refractivity contribution is -0.118. The number of nitrogens with one attached hydrogen (secondary N) is 4. The zero-order valence-corrected chi connectivity index (χ0v) is 16.6. The van der Waals surface area contributed by atoms with E-state index >= 15 is 0 Å². The smallest absolute Gasteiger partial charge is 0.266 e. The van der Waals surface area contributed by atoms with Crippen LogP contribution >= 0.6 is 11.8 Å². The molecule has 14 heteroatoms. The molecule has 0 fully saturated rings. The molecule has 2 rings (SSSR count). The number of amidine groups is 1. The molecule has 2 aromatic rings. The van der Waals surface area contributed by atoms with Crippen molar-refractivity contribution in [3.63, 3.8) is 0 Å². The predicted molar refractivity (Wildman–Crippen MR) is 101 cm³/mol. The molecule has 0 aliphatic rings. The molecule has 9 nitrogen and oxygen atoms in total. The minimum Gasteiger partial charge on any atom is -0.354 e. The Morgan fingerprint density at radius 2 is 2.10 bits per heavy atom. The first kappa shape index (κ1) is 22.7. The number of hydrogen-bond donors (Lipinski definition) is 4. The predicted octanol–water partition coefficient (Wildman–Crippen LogP) is 2.47. The number of alkyl halides is 2. The van der Waals surface area contributed by atoms with Gasteiger partial charge in [-0.05, 0) is 28.5 Å². The van der Waals surface area contributed by atoms with Crippen molar-refractivity contribution >= 4 is 38.9 Å². The number of rotatable bonds is 9. The largest absolute Gasteiger partial charge is 0.354 e. The van der Waals surface area contributed by atoms with E-state index in [4.69, 9.17) is 10.2 Å². The van der Waals surface area contributed by atoms with Gasteiger partial charge in [0.1, 0.15) is 11.6 Å². The Hall–Kier alpha value is -2.61. The van der Waals surface area contributed by atoms with Crippen LogP contribution in [0.5, 0.6) is 0 Å². The van der Waals surface area contributed by atoms with Crippen molar-refractivity contribution in [1.82, 2.24) is 15.6 Å². The highest BCUT2D eigenvalue weighted by atomic mass is 32.2. The number of carbonyl (C=O) groups is 1. The lowest BCUT2D eigenvalue weighted by Gasteiger charge is -2.09. The third-order valence-electron chi connectivity index (χ3n) is 3.27. The molecule has 0 aliphatic heterocycles. The molecule has 0 spiro atoms. The SMILES string of the molecule is CS(=N)(=O)CC(=O)NCCSc1nonc1C(=N)Nc1ccc(F)c(C(F)F)c1. The average molecular weight is 450 g/mol. The van der Waals surface area contributed by atoms with E-state index < -0.39 is 39.2 Å². The quantitative estimate of drug-likeness (QED) is 0.199. The molecule has 1 unspecified atom stereocenters. The second kappa shape index (κ2) is 9.73. The van der Waals surface area contributed by atoms with Crippen molar-refractivity contribution in [3.05, 3.63) is 35.3 Å². The molecule has 0 saturated heterocycles. The van der Waals surface area contributed by atoms with E-state index in [0.717, 1.165) is 23.9 Å². The number of benzene rings is 1. The van der Waals surface area contributed by atoms with Gasteiger partial charge in [-0.2, -0.15) is 0 Å². The number of aromatic nitrogens is 2. The van der Waals surface area contributed by atoms with Crippen LogP contribution in [0.15, 0.2) is 27.9 Å². The van der Waals surface area contributed by atoms with E-state index in [1.807, 2.05) is 0 Å². The summed E-state index contributed by atoms with van der Waals surface area (Å²) in [5, 5.41) is 20.5. The van der Waals surface area contributed by atoms with Gasteiger partial charge in [-0.1, -0.05) is 11.8 Å². The Kier molecular flexibility index (Phi) is 7.61. The number of amides is 1. The molecule has 0 radical (unpaired) electrons. The van der Waals surface area contributed by atoms with Gasteiger partial charge in [0.2, 0.25) is 5.91 Å². The first-order chi connectivity index (χ1) is 13.6. The number of carbonyl (C=O) groups excluding carboxylic acids is 1. The lowest BCUT2D eigenvalue weighted by Crippen LogP contribution is -2.31. The Labute approximate surface area is 168 Å². The zero-order valence-electron chi connectivity index (χ0n) is 15.0. The van der Waals surface area contributed by atoms with Gasteiger partial charge < -0.3 is 10.6 Å². The van der Waals surface area contributed by atoms with Crippen molar-refractivity contribution in [2.24, 2.45) is 0 Å². The minimum atomic E-state index is -3.00. The maximum atomic E-state index is 13.4. The molecular formula is C15H17F3N6O3S2. The van der Waals surface area contributed by atoms with Crippen molar-refractivity contribution in [3.8, 4) is 0 Å². The summed E-state index contributed by atoms with van der Waals surface area (Å²) in [6, 6.07) is 2.95. The van der Waals surface area contributed by atoms with E-state index in [1.54, 1.807) is 0 Å². The summed E-state index contributed by atoms with van der Waals surface area (Å²) in [5.74, 6) is -1.96. The van der Waals surface area contributed by atoms with Gasteiger partial charge in [0.25, 0.3) is 6.43 Å². The Balaban J connectivity index is 1.93. The van der Waals surface area contributed by atoms with Gasteiger partial charge in [0.15, 0.2) is 16.6 Å². The summed E-state index contributed by atoms with van der Waals surface area (Å²) in [5.41, 5.74) is -0.724. The van der Waals surface area contributed by atoms with Gasteiger partial charge >= 0.3 is 0 Å². The van der Waals surface area contributed by atoms with Gasteiger partial charge in [0, 0.05) is 24.2 Å². The van der Waals surface area contributed by atoms with Gasteiger partial charge in [-0.25, -0.2) is 22.0 Å². The number of nitrogens with zero attached hydrogens (tertiary/aromatic N) is 2. The summed E-state index contributed by atoms with van der Waals surface area (Å²) in [6.07, 6.45) is -1.84. The van der Waals surface area contributed by atoms with Crippen LogP contribution in [-0.2, 0) is 14.5 Å².